The third-order valence-electron chi connectivity index (χ3n) is 5.03. The van der Waals surface area contributed by atoms with Crippen LogP contribution in [0.4, 0.5) is 0 Å². The molecule has 2 heterocycles. The van der Waals surface area contributed by atoms with Crippen molar-refractivity contribution in [2.24, 2.45) is 4.99 Å². The number of methoxy groups -OCH3 is 2. The first-order valence-corrected chi connectivity index (χ1v) is 10.4. The topological polar surface area (TPSA) is 104 Å². The number of fused-ring (bicyclic) bond motifs is 3. The average Bonchev–Trinajstić information content (AvgIpc) is 3.10. The number of guanidine groups is 1. The third kappa shape index (κ3) is 3.29. The van der Waals surface area contributed by atoms with E-state index in [2.05, 4.69) is 5.32 Å². The fraction of sp³-hybridized carbons (Fsp3) is 0.500. The van der Waals surface area contributed by atoms with E-state index in [1.165, 1.54) is 26.0 Å². The second kappa shape index (κ2) is 8.32. The minimum atomic E-state index is -0.752. The van der Waals surface area contributed by atoms with Gasteiger partial charge in [-0.25, -0.2) is 14.6 Å². The molecule has 0 radical (unpaired) electrons. The van der Waals surface area contributed by atoms with E-state index in [0.29, 0.717) is 10.2 Å². The zero-order chi connectivity index (χ0) is 20.4. The highest BCUT2D eigenvalue weighted by Crippen LogP contribution is 2.38. The molecule has 0 aromatic carbocycles. The van der Waals surface area contributed by atoms with Gasteiger partial charge in [-0.2, -0.15) is 5.26 Å². The molecule has 10 heteroatoms. The number of thioether (sulfide) groups is 1. The maximum atomic E-state index is 12.8. The summed E-state index contributed by atoms with van der Waals surface area (Å²) in [5.41, 5.74) is 0.185. The van der Waals surface area contributed by atoms with Crippen molar-refractivity contribution >= 4 is 46.1 Å². The summed E-state index contributed by atoms with van der Waals surface area (Å²) in [6, 6.07) is 1.99. The quantitative estimate of drug-likeness (QED) is 0.316. The van der Waals surface area contributed by atoms with Crippen LogP contribution in [-0.2, 0) is 19.1 Å². The van der Waals surface area contributed by atoms with E-state index in [9.17, 15) is 14.9 Å². The summed E-state index contributed by atoms with van der Waals surface area (Å²) in [7, 11) is 2.47. The number of esters is 2. The standard InChI is InChI=1S/C18H20N4O4S2/c1-25-15(23)12-13(9(8-19)17(27)28-3)21-18-20-10-6-4-5-7-11(10)22(18)14(12)16(24)26-2/h10-11H,4-7H2,1-3H3,(H,20,21)/b13-9-. The number of nitriles is 1. The number of nitrogens with one attached hydrogen (secondary N) is 1. The van der Waals surface area contributed by atoms with Crippen molar-refractivity contribution in [3.05, 3.63) is 22.5 Å². The first-order chi connectivity index (χ1) is 13.5. The van der Waals surface area contributed by atoms with Crippen LogP contribution in [0.5, 0.6) is 0 Å². The van der Waals surface area contributed by atoms with Crippen LogP contribution in [-0.4, -0.2) is 59.6 Å². The second-order valence-electron chi connectivity index (χ2n) is 6.43. The molecule has 0 aromatic heterocycles. The molecule has 3 aliphatic rings. The highest BCUT2D eigenvalue weighted by molar-refractivity contribution is 8.23. The summed E-state index contributed by atoms with van der Waals surface area (Å²) in [6.45, 7) is 0. The zero-order valence-electron chi connectivity index (χ0n) is 15.8. The van der Waals surface area contributed by atoms with Gasteiger partial charge in [0, 0.05) is 0 Å². The first kappa shape index (κ1) is 20.4. The zero-order valence-corrected chi connectivity index (χ0v) is 17.4. The predicted octanol–water partition coefficient (Wildman–Crippen LogP) is 1.64. The van der Waals surface area contributed by atoms with Crippen LogP contribution in [0.1, 0.15) is 25.7 Å². The maximum Gasteiger partial charge on any atom is 0.355 e. The lowest BCUT2D eigenvalue weighted by Crippen LogP contribution is -2.52. The maximum absolute atomic E-state index is 12.8. The number of hydrogen-bond donors (Lipinski definition) is 1. The summed E-state index contributed by atoms with van der Waals surface area (Å²) < 4.78 is 10.2. The molecule has 2 unspecified atom stereocenters. The summed E-state index contributed by atoms with van der Waals surface area (Å²) in [6.07, 6.45) is 5.52. The van der Waals surface area contributed by atoms with Gasteiger partial charge < -0.3 is 19.7 Å². The third-order valence-corrected chi connectivity index (χ3v) is 6.31. The highest BCUT2D eigenvalue weighted by Gasteiger charge is 2.48. The Bertz CT molecular complexity index is 871. The Kier molecular flexibility index (Phi) is 6.05. The lowest BCUT2D eigenvalue weighted by molar-refractivity contribution is -0.140. The van der Waals surface area contributed by atoms with Crippen molar-refractivity contribution in [2.75, 3.05) is 20.5 Å². The predicted molar refractivity (Wildman–Crippen MR) is 108 cm³/mol. The molecule has 2 aliphatic heterocycles. The van der Waals surface area contributed by atoms with Gasteiger partial charge in [0.05, 0.1) is 36.2 Å². The molecular formula is C18H20N4O4S2. The van der Waals surface area contributed by atoms with Crippen LogP contribution in [0, 0.1) is 11.3 Å². The van der Waals surface area contributed by atoms with Crippen molar-refractivity contribution in [1.29, 1.82) is 5.26 Å². The second-order valence-corrected chi connectivity index (χ2v) is 7.91. The van der Waals surface area contributed by atoms with E-state index in [4.69, 9.17) is 26.7 Å². The normalized spacial score (nSPS) is 24.9. The van der Waals surface area contributed by atoms with E-state index in [1.54, 1.807) is 11.2 Å². The average molecular weight is 421 g/mol. The largest absolute Gasteiger partial charge is 0.465 e. The fourth-order valence-electron chi connectivity index (χ4n) is 3.79. The molecule has 0 aromatic rings. The van der Waals surface area contributed by atoms with Gasteiger partial charge in [0.2, 0.25) is 5.96 Å². The Morgan fingerprint density at radius 3 is 2.57 bits per heavy atom. The van der Waals surface area contributed by atoms with E-state index >= 15 is 0 Å². The van der Waals surface area contributed by atoms with Crippen LogP contribution in [0.15, 0.2) is 27.5 Å². The fourth-order valence-corrected chi connectivity index (χ4v) is 4.29. The Morgan fingerprint density at radius 2 is 1.96 bits per heavy atom. The van der Waals surface area contributed by atoms with Gasteiger partial charge in [0.1, 0.15) is 22.9 Å². The summed E-state index contributed by atoms with van der Waals surface area (Å²) >= 11 is 6.49. The van der Waals surface area contributed by atoms with Crippen molar-refractivity contribution in [2.45, 2.75) is 37.8 Å². The molecule has 28 heavy (non-hydrogen) atoms. The summed E-state index contributed by atoms with van der Waals surface area (Å²) in [4.78, 5) is 31.9. The van der Waals surface area contributed by atoms with Gasteiger partial charge in [-0.05, 0) is 19.1 Å². The number of rotatable bonds is 3. The van der Waals surface area contributed by atoms with Crippen LogP contribution in [0.3, 0.4) is 0 Å². The van der Waals surface area contributed by atoms with Crippen LogP contribution < -0.4 is 5.32 Å². The molecule has 148 valence electrons. The SMILES string of the molecule is COC(=O)C1=C(C(=O)OC)N2C(=NC3CCCCC32)N/C1=C(/C#N)C(=S)SC. The van der Waals surface area contributed by atoms with E-state index in [0.717, 1.165) is 25.7 Å². The summed E-state index contributed by atoms with van der Waals surface area (Å²) in [5, 5.41) is 12.8. The molecular weight excluding hydrogens is 400 g/mol. The number of thiocarbonyl (C=S) groups is 1. The lowest BCUT2D eigenvalue weighted by atomic mass is 9.89. The van der Waals surface area contributed by atoms with Crippen molar-refractivity contribution in [3.63, 3.8) is 0 Å². The number of hydrogen-bond acceptors (Lipinski definition) is 10. The smallest absolute Gasteiger partial charge is 0.355 e. The highest BCUT2D eigenvalue weighted by atomic mass is 32.2. The molecule has 3 rings (SSSR count). The first-order valence-electron chi connectivity index (χ1n) is 8.76. The van der Waals surface area contributed by atoms with Crippen molar-refractivity contribution in [1.82, 2.24) is 10.2 Å². The number of nitrogens with zero attached hydrogens (tertiary/aromatic N) is 3. The number of carbonyl (C=O) groups is 2. The van der Waals surface area contributed by atoms with Gasteiger partial charge in [-0.3, -0.25) is 0 Å². The molecule has 0 amide bonds. The Hall–Kier alpha value is -2.38. The monoisotopic (exact) mass is 420 g/mol. The molecule has 2 atom stereocenters. The Labute approximate surface area is 172 Å². The molecule has 0 bridgehead atoms. The molecule has 1 N–H and O–H groups in total. The van der Waals surface area contributed by atoms with Crippen LogP contribution in [0.25, 0.3) is 0 Å². The molecule has 1 saturated carbocycles. The molecule has 8 nitrogen and oxygen atoms in total. The summed E-state index contributed by atoms with van der Waals surface area (Å²) in [5.74, 6) is -1.01. The van der Waals surface area contributed by atoms with Crippen LogP contribution >= 0.6 is 24.0 Å². The van der Waals surface area contributed by atoms with E-state index in [-0.39, 0.29) is 34.6 Å². The van der Waals surface area contributed by atoms with Crippen LogP contribution in [0.2, 0.25) is 0 Å². The molecule has 1 fully saturated rings. The number of aliphatic imine (C=N–C) groups is 1. The van der Waals surface area contributed by atoms with Gasteiger partial charge >= 0.3 is 11.9 Å². The van der Waals surface area contributed by atoms with Crippen molar-refractivity contribution in [3.8, 4) is 6.07 Å². The van der Waals surface area contributed by atoms with Crippen molar-refractivity contribution < 1.29 is 19.1 Å². The van der Waals surface area contributed by atoms with E-state index in [1.807, 2.05) is 6.07 Å². The van der Waals surface area contributed by atoms with Gasteiger partial charge in [0.25, 0.3) is 0 Å². The molecule has 1 aliphatic carbocycles. The molecule has 0 saturated heterocycles. The van der Waals surface area contributed by atoms with Gasteiger partial charge in [-0.1, -0.05) is 25.1 Å². The molecule has 0 spiro atoms. The Morgan fingerprint density at radius 1 is 1.29 bits per heavy atom. The Balaban J connectivity index is 2.31. The number of ether oxygens (including phenoxy) is 2. The minimum Gasteiger partial charge on any atom is -0.465 e. The minimum absolute atomic E-state index is 0.00666. The van der Waals surface area contributed by atoms with Gasteiger partial charge in [-0.15, -0.1) is 11.8 Å². The number of carbonyl (C=O) groups excluding carboxylic acids is 2. The van der Waals surface area contributed by atoms with Gasteiger partial charge in [0.15, 0.2) is 0 Å². The lowest BCUT2D eigenvalue weighted by Gasteiger charge is -2.37. The van der Waals surface area contributed by atoms with E-state index < -0.39 is 11.9 Å².